The van der Waals surface area contributed by atoms with Crippen LogP contribution < -0.4 is 5.32 Å². The van der Waals surface area contributed by atoms with Crippen LogP contribution in [0.3, 0.4) is 0 Å². The minimum absolute atomic E-state index is 0.0225. The zero-order valence-electron chi connectivity index (χ0n) is 7.21. The van der Waals surface area contributed by atoms with Gasteiger partial charge in [0.2, 0.25) is 5.91 Å². The van der Waals surface area contributed by atoms with Crippen LogP contribution in [0.15, 0.2) is 12.7 Å². The first-order valence-electron chi connectivity index (χ1n) is 4.35. The molecule has 0 aromatic heterocycles. The molecule has 0 aliphatic carbocycles. The standard InChI is InChI=1S/C9H15NO2/c1-2-3-6-10-9(11)8-5-4-7-12-8/h2,8H,1,3-7H2,(H,10,11). The Hall–Kier alpha value is -0.830. The lowest BCUT2D eigenvalue weighted by molar-refractivity contribution is -0.129. The van der Waals surface area contributed by atoms with Crippen molar-refractivity contribution in [1.82, 2.24) is 5.32 Å². The van der Waals surface area contributed by atoms with Crippen LogP contribution in [0.1, 0.15) is 19.3 Å². The molecule has 1 aliphatic heterocycles. The number of carbonyl (C=O) groups excluding carboxylic acids is 1. The second-order valence-corrected chi connectivity index (χ2v) is 2.87. The first-order chi connectivity index (χ1) is 5.84. The van der Waals surface area contributed by atoms with Gasteiger partial charge in [0, 0.05) is 13.2 Å². The Bertz CT molecular complexity index is 162. The number of hydrogen-bond donors (Lipinski definition) is 1. The van der Waals surface area contributed by atoms with E-state index in [1.54, 1.807) is 6.08 Å². The normalized spacial score (nSPS) is 22.2. The fourth-order valence-electron chi connectivity index (χ4n) is 1.20. The van der Waals surface area contributed by atoms with Crippen molar-refractivity contribution < 1.29 is 9.53 Å². The number of hydrogen-bond acceptors (Lipinski definition) is 2. The van der Waals surface area contributed by atoms with Gasteiger partial charge in [-0.2, -0.15) is 0 Å². The van der Waals surface area contributed by atoms with E-state index in [-0.39, 0.29) is 12.0 Å². The highest BCUT2D eigenvalue weighted by Crippen LogP contribution is 2.11. The zero-order chi connectivity index (χ0) is 8.81. The molecule has 0 aromatic carbocycles. The van der Waals surface area contributed by atoms with Crippen molar-refractivity contribution in [3.63, 3.8) is 0 Å². The van der Waals surface area contributed by atoms with E-state index in [9.17, 15) is 4.79 Å². The SMILES string of the molecule is C=CCCNC(=O)C1CCCO1. The summed E-state index contributed by atoms with van der Waals surface area (Å²) in [5, 5.41) is 2.79. The fourth-order valence-corrected chi connectivity index (χ4v) is 1.20. The summed E-state index contributed by atoms with van der Waals surface area (Å²) in [4.78, 5) is 11.2. The fraction of sp³-hybridized carbons (Fsp3) is 0.667. The number of carbonyl (C=O) groups is 1. The van der Waals surface area contributed by atoms with Gasteiger partial charge in [0.25, 0.3) is 0 Å². The van der Waals surface area contributed by atoms with E-state index in [2.05, 4.69) is 11.9 Å². The molecule has 1 saturated heterocycles. The van der Waals surface area contributed by atoms with Gasteiger partial charge in [-0.3, -0.25) is 4.79 Å². The summed E-state index contributed by atoms with van der Waals surface area (Å²) < 4.78 is 5.21. The monoisotopic (exact) mass is 169 g/mol. The lowest BCUT2D eigenvalue weighted by Crippen LogP contribution is -2.34. The molecule has 0 aromatic rings. The van der Waals surface area contributed by atoms with Crippen molar-refractivity contribution in [2.24, 2.45) is 0 Å². The Morgan fingerprint density at radius 3 is 3.17 bits per heavy atom. The minimum Gasteiger partial charge on any atom is -0.368 e. The maximum absolute atomic E-state index is 11.2. The molecular weight excluding hydrogens is 154 g/mol. The molecule has 1 unspecified atom stereocenters. The predicted molar refractivity (Wildman–Crippen MR) is 46.8 cm³/mol. The van der Waals surface area contributed by atoms with Crippen molar-refractivity contribution >= 4 is 5.91 Å². The van der Waals surface area contributed by atoms with Gasteiger partial charge in [-0.25, -0.2) is 0 Å². The highest BCUT2D eigenvalue weighted by Gasteiger charge is 2.22. The maximum atomic E-state index is 11.2. The highest BCUT2D eigenvalue weighted by atomic mass is 16.5. The molecule has 1 amide bonds. The van der Waals surface area contributed by atoms with E-state index in [0.29, 0.717) is 6.54 Å². The first kappa shape index (κ1) is 9.26. The van der Waals surface area contributed by atoms with Crippen LogP contribution in [0.2, 0.25) is 0 Å². The summed E-state index contributed by atoms with van der Waals surface area (Å²) in [6.45, 7) is 4.96. The van der Waals surface area contributed by atoms with Gasteiger partial charge in [0.1, 0.15) is 6.10 Å². The topological polar surface area (TPSA) is 38.3 Å². The van der Waals surface area contributed by atoms with Gasteiger partial charge in [-0.05, 0) is 19.3 Å². The largest absolute Gasteiger partial charge is 0.368 e. The van der Waals surface area contributed by atoms with Crippen molar-refractivity contribution in [3.05, 3.63) is 12.7 Å². The lowest BCUT2D eigenvalue weighted by atomic mass is 10.2. The lowest BCUT2D eigenvalue weighted by Gasteiger charge is -2.08. The molecule has 1 fully saturated rings. The molecular formula is C9H15NO2. The molecule has 1 aliphatic rings. The molecule has 3 heteroatoms. The van der Waals surface area contributed by atoms with Gasteiger partial charge in [0.05, 0.1) is 0 Å². The van der Waals surface area contributed by atoms with Crippen molar-refractivity contribution in [3.8, 4) is 0 Å². The molecule has 1 rings (SSSR count). The van der Waals surface area contributed by atoms with E-state index in [1.165, 1.54) is 0 Å². The van der Waals surface area contributed by atoms with Crippen LogP contribution >= 0.6 is 0 Å². The Balaban J connectivity index is 2.14. The third-order valence-corrected chi connectivity index (χ3v) is 1.87. The first-order valence-corrected chi connectivity index (χ1v) is 4.35. The second kappa shape index (κ2) is 4.93. The average Bonchev–Trinajstić information content (AvgIpc) is 2.56. The van der Waals surface area contributed by atoms with E-state index >= 15 is 0 Å². The Morgan fingerprint density at radius 1 is 1.75 bits per heavy atom. The number of amides is 1. The Labute approximate surface area is 72.8 Å². The molecule has 12 heavy (non-hydrogen) atoms. The van der Waals surface area contributed by atoms with Crippen LogP contribution in [0, 0.1) is 0 Å². The maximum Gasteiger partial charge on any atom is 0.249 e. The third kappa shape index (κ3) is 2.66. The molecule has 1 heterocycles. The molecule has 1 N–H and O–H groups in total. The molecule has 0 radical (unpaired) electrons. The third-order valence-electron chi connectivity index (χ3n) is 1.87. The zero-order valence-corrected chi connectivity index (χ0v) is 7.21. The van der Waals surface area contributed by atoms with Crippen LogP contribution in [-0.4, -0.2) is 25.2 Å². The van der Waals surface area contributed by atoms with Gasteiger partial charge in [-0.15, -0.1) is 6.58 Å². The molecule has 3 nitrogen and oxygen atoms in total. The molecule has 68 valence electrons. The van der Waals surface area contributed by atoms with E-state index in [1.807, 2.05) is 0 Å². The summed E-state index contributed by atoms with van der Waals surface area (Å²) in [6, 6.07) is 0. The van der Waals surface area contributed by atoms with Crippen molar-refractivity contribution in [1.29, 1.82) is 0 Å². The minimum atomic E-state index is -0.199. The quantitative estimate of drug-likeness (QED) is 0.500. The van der Waals surface area contributed by atoms with Gasteiger partial charge >= 0.3 is 0 Å². The Kier molecular flexibility index (Phi) is 3.80. The van der Waals surface area contributed by atoms with Gasteiger partial charge in [-0.1, -0.05) is 6.08 Å². The number of nitrogens with one attached hydrogen (secondary N) is 1. The van der Waals surface area contributed by atoms with Crippen LogP contribution in [0.5, 0.6) is 0 Å². The summed E-state index contributed by atoms with van der Waals surface area (Å²) in [6.07, 6.45) is 4.27. The number of rotatable bonds is 4. The van der Waals surface area contributed by atoms with Crippen LogP contribution in [0.25, 0.3) is 0 Å². The second-order valence-electron chi connectivity index (χ2n) is 2.87. The molecule has 0 bridgehead atoms. The summed E-state index contributed by atoms with van der Waals surface area (Å²) >= 11 is 0. The summed E-state index contributed by atoms with van der Waals surface area (Å²) in [5.74, 6) is 0.0225. The van der Waals surface area contributed by atoms with Crippen LogP contribution in [0.4, 0.5) is 0 Å². The summed E-state index contributed by atoms with van der Waals surface area (Å²) in [7, 11) is 0. The Morgan fingerprint density at radius 2 is 2.58 bits per heavy atom. The van der Waals surface area contributed by atoms with Gasteiger partial charge in [0.15, 0.2) is 0 Å². The van der Waals surface area contributed by atoms with Crippen molar-refractivity contribution in [2.45, 2.75) is 25.4 Å². The highest BCUT2D eigenvalue weighted by molar-refractivity contribution is 5.80. The summed E-state index contributed by atoms with van der Waals surface area (Å²) in [5.41, 5.74) is 0. The van der Waals surface area contributed by atoms with E-state index in [4.69, 9.17) is 4.74 Å². The van der Waals surface area contributed by atoms with Crippen LogP contribution in [-0.2, 0) is 9.53 Å². The predicted octanol–water partition coefficient (Wildman–Crippen LogP) is 0.858. The molecule has 1 atom stereocenters. The van der Waals surface area contributed by atoms with E-state index < -0.39 is 0 Å². The smallest absolute Gasteiger partial charge is 0.249 e. The molecule has 0 saturated carbocycles. The van der Waals surface area contributed by atoms with E-state index in [0.717, 1.165) is 25.9 Å². The number of ether oxygens (including phenoxy) is 1. The van der Waals surface area contributed by atoms with Crippen molar-refractivity contribution in [2.75, 3.05) is 13.2 Å². The van der Waals surface area contributed by atoms with Gasteiger partial charge < -0.3 is 10.1 Å². The average molecular weight is 169 g/mol. The molecule has 0 spiro atoms.